The maximum Gasteiger partial charge on any atom is 0.174 e. The van der Waals surface area contributed by atoms with Crippen LogP contribution in [0.3, 0.4) is 0 Å². The molecule has 1 N–H and O–H groups in total. The molecular formula is C24H20BrN5S. The van der Waals surface area contributed by atoms with E-state index in [1.807, 2.05) is 48.8 Å². The fourth-order valence-corrected chi connectivity index (χ4v) is 4.67. The zero-order chi connectivity index (χ0) is 21.2. The van der Waals surface area contributed by atoms with E-state index in [-0.39, 0.29) is 12.1 Å². The zero-order valence-corrected chi connectivity index (χ0v) is 19.0. The molecule has 0 unspecified atom stereocenters. The van der Waals surface area contributed by atoms with Gasteiger partial charge in [0.15, 0.2) is 5.11 Å². The van der Waals surface area contributed by atoms with Crippen LogP contribution in [0.5, 0.6) is 0 Å². The molecule has 1 aromatic carbocycles. The maximum atomic E-state index is 5.81. The Balaban J connectivity index is 1.60. The average molecular weight is 490 g/mol. The van der Waals surface area contributed by atoms with Gasteiger partial charge in [-0.1, -0.05) is 28.1 Å². The largest absolute Gasteiger partial charge is 0.351 e. The van der Waals surface area contributed by atoms with Gasteiger partial charge in [-0.25, -0.2) is 0 Å². The first kappa shape index (κ1) is 19.9. The van der Waals surface area contributed by atoms with E-state index in [1.54, 1.807) is 6.20 Å². The Morgan fingerprint density at radius 2 is 1.84 bits per heavy atom. The Kier molecular flexibility index (Phi) is 5.53. The lowest BCUT2D eigenvalue weighted by Gasteiger charge is -2.29. The van der Waals surface area contributed by atoms with Gasteiger partial charge in [0.2, 0.25) is 0 Å². The molecule has 5 rings (SSSR count). The molecule has 0 aliphatic carbocycles. The highest BCUT2D eigenvalue weighted by atomic mass is 79.9. The molecule has 1 fully saturated rings. The molecule has 0 bridgehead atoms. The summed E-state index contributed by atoms with van der Waals surface area (Å²) in [6, 6.07) is 22.4. The van der Waals surface area contributed by atoms with E-state index in [4.69, 9.17) is 12.2 Å². The van der Waals surface area contributed by atoms with E-state index in [0.29, 0.717) is 5.11 Å². The smallest absolute Gasteiger partial charge is 0.174 e. The standard InChI is InChI=1S/C24H20BrN5S/c25-18-8-10-19(11-9-18)30-23(22(28-24(30)31)20-6-1-2-13-27-20)21-7-4-14-29(21)16-17-5-3-12-26-15-17/h1-15,22-23H,16H2,(H,28,31)/t22-,23-/m0/s1. The summed E-state index contributed by atoms with van der Waals surface area (Å²) in [5.74, 6) is 0. The summed E-state index contributed by atoms with van der Waals surface area (Å²) in [6.45, 7) is 0.739. The Morgan fingerprint density at radius 1 is 0.968 bits per heavy atom. The molecule has 0 radical (unpaired) electrons. The Bertz CT molecular complexity index is 1180. The summed E-state index contributed by atoms with van der Waals surface area (Å²) in [5.41, 5.74) is 4.31. The fraction of sp³-hybridized carbons (Fsp3) is 0.125. The van der Waals surface area contributed by atoms with Crippen LogP contribution >= 0.6 is 28.1 Å². The highest BCUT2D eigenvalue weighted by Gasteiger charge is 2.41. The molecule has 7 heteroatoms. The van der Waals surface area contributed by atoms with Crippen LogP contribution in [0.4, 0.5) is 5.69 Å². The van der Waals surface area contributed by atoms with E-state index in [0.717, 1.165) is 33.7 Å². The second-order valence-electron chi connectivity index (χ2n) is 7.40. The minimum atomic E-state index is -0.0695. The summed E-state index contributed by atoms with van der Waals surface area (Å²) in [6.07, 6.45) is 7.64. The van der Waals surface area contributed by atoms with E-state index in [2.05, 4.69) is 77.2 Å². The van der Waals surface area contributed by atoms with Gasteiger partial charge < -0.3 is 14.8 Å². The number of benzene rings is 1. The van der Waals surface area contributed by atoms with Crippen molar-refractivity contribution in [2.24, 2.45) is 0 Å². The molecule has 4 heterocycles. The third-order valence-electron chi connectivity index (χ3n) is 5.45. The number of nitrogens with zero attached hydrogens (tertiary/aromatic N) is 4. The molecule has 1 aliphatic heterocycles. The van der Waals surface area contributed by atoms with Crippen molar-refractivity contribution in [2.45, 2.75) is 18.6 Å². The van der Waals surface area contributed by atoms with E-state index in [1.165, 1.54) is 0 Å². The number of pyridine rings is 2. The van der Waals surface area contributed by atoms with Crippen molar-refractivity contribution in [3.8, 4) is 0 Å². The van der Waals surface area contributed by atoms with Gasteiger partial charge in [0.05, 0.1) is 11.7 Å². The summed E-state index contributed by atoms with van der Waals surface area (Å²) in [5, 5.41) is 4.21. The first-order valence-corrected chi connectivity index (χ1v) is 11.2. The molecule has 154 valence electrons. The van der Waals surface area contributed by atoms with Crippen LogP contribution in [0.25, 0.3) is 0 Å². The highest BCUT2D eigenvalue weighted by molar-refractivity contribution is 9.10. The number of aromatic nitrogens is 3. The second-order valence-corrected chi connectivity index (χ2v) is 8.70. The van der Waals surface area contributed by atoms with Crippen LogP contribution in [0, 0.1) is 0 Å². The van der Waals surface area contributed by atoms with Gasteiger partial charge in [0.1, 0.15) is 6.04 Å². The fourth-order valence-electron chi connectivity index (χ4n) is 4.06. The minimum Gasteiger partial charge on any atom is -0.351 e. The number of hydrogen-bond donors (Lipinski definition) is 1. The topological polar surface area (TPSA) is 46.0 Å². The Labute approximate surface area is 194 Å². The molecule has 2 atom stereocenters. The lowest BCUT2D eigenvalue weighted by atomic mass is 10.0. The third-order valence-corrected chi connectivity index (χ3v) is 6.29. The predicted molar refractivity (Wildman–Crippen MR) is 130 cm³/mol. The molecule has 1 aliphatic rings. The normalized spacial score (nSPS) is 18.2. The quantitative estimate of drug-likeness (QED) is 0.387. The van der Waals surface area contributed by atoms with Crippen molar-refractivity contribution < 1.29 is 0 Å². The predicted octanol–water partition coefficient (Wildman–Crippen LogP) is 5.27. The van der Waals surface area contributed by atoms with Crippen LogP contribution in [-0.4, -0.2) is 19.6 Å². The number of rotatable bonds is 5. The lowest BCUT2D eigenvalue weighted by molar-refractivity contribution is 0.533. The number of nitrogens with one attached hydrogen (secondary N) is 1. The number of thiocarbonyl (C=S) groups is 1. The highest BCUT2D eigenvalue weighted by Crippen LogP contribution is 2.41. The molecular weight excluding hydrogens is 470 g/mol. The van der Waals surface area contributed by atoms with Crippen LogP contribution in [-0.2, 0) is 6.54 Å². The molecule has 4 aromatic rings. The number of halogens is 1. The number of anilines is 1. The van der Waals surface area contributed by atoms with Gasteiger partial charge in [0.25, 0.3) is 0 Å². The van der Waals surface area contributed by atoms with Crippen LogP contribution in [0.2, 0.25) is 0 Å². The van der Waals surface area contributed by atoms with Gasteiger partial charge in [-0.05, 0) is 72.4 Å². The SMILES string of the molecule is S=C1N[C@@H](c2ccccn2)[C@H](c2cccn2Cc2cccnc2)N1c1ccc(Br)cc1. The van der Waals surface area contributed by atoms with E-state index < -0.39 is 0 Å². The van der Waals surface area contributed by atoms with Crippen molar-refractivity contribution in [1.29, 1.82) is 0 Å². The molecule has 0 spiro atoms. The van der Waals surface area contributed by atoms with Gasteiger partial charge in [-0.3, -0.25) is 9.97 Å². The molecule has 31 heavy (non-hydrogen) atoms. The molecule has 3 aromatic heterocycles. The first-order chi connectivity index (χ1) is 15.2. The molecule has 5 nitrogen and oxygen atoms in total. The molecule has 0 amide bonds. The van der Waals surface area contributed by atoms with Crippen LogP contribution in [0.1, 0.15) is 29.0 Å². The average Bonchev–Trinajstić information content (AvgIpc) is 3.39. The third kappa shape index (κ3) is 3.98. The van der Waals surface area contributed by atoms with Gasteiger partial charge >= 0.3 is 0 Å². The van der Waals surface area contributed by atoms with Crippen molar-refractivity contribution in [1.82, 2.24) is 19.9 Å². The second kappa shape index (κ2) is 8.61. The molecule has 1 saturated heterocycles. The van der Waals surface area contributed by atoms with Crippen molar-refractivity contribution in [3.05, 3.63) is 113 Å². The Morgan fingerprint density at radius 3 is 2.58 bits per heavy atom. The van der Waals surface area contributed by atoms with Crippen molar-refractivity contribution >= 4 is 38.9 Å². The molecule has 0 saturated carbocycles. The van der Waals surface area contributed by atoms with Crippen LogP contribution < -0.4 is 10.2 Å². The Hall–Kier alpha value is -3.03. The number of hydrogen-bond acceptors (Lipinski definition) is 3. The van der Waals surface area contributed by atoms with Gasteiger partial charge in [-0.15, -0.1) is 0 Å². The first-order valence-electron chi connectivity index (χ1n) is 10.0. The lowest BCUT2D eigenvalue weighted by Crippen LogP contribution is -2.30. The zero-order valence-electron chi connectivity index (χ0n) is 16.6. The monoisotopic (exact) mass is 489 g/mol. The summed E-state index contributed by atoms with van der Waals surface area (Å²) in [7, 11) is 0. The minimum absolute atomic E-state index is 0.0461. The summed E-state index contributed by atoms with van der Waals surface area (Å²) >= 11 is 9.35. The van der Waals surface area contributed by atoms with E-state index >= 15 is 0 Å². The summed E-state index contributed by atoms with van der Waals surface area (Å²) < 4.78 is 3.30. The van der Waals surface area contributed by atoms with Crippen molar-refractivity contribution in [2.75, 3.05) is 4.90 Å². The summed E-state index contributed by atoms with van der Waals surface area (Å²) in [4.78, 5) is 11.1. The van der Waals surface area contributed by atoms with Gasteiger partial charge in [0, 0.05) is 47.2 Å². The van der Waals surface area contributed by atoms with Crippen molar-refractivity contribution in [3.63, 3.8) is 0 Å². The van der Waals surface area contributed by atoms with Gasteiger partial charge in [-0.2, -0.15) is 0 Å². The maximum absolute atomic E-state index is 5.81. The van der Waals surface area contributed by atoms with Crippen LogP contribution in [0.15, 0.2) is 96.0 Å². The van der Waals surface area contributed by atoms with E-state index in [9.17, 15) is 0 Å².